The van der Waals surface area contributed by atoms with Crippen molar-refractivity contribution in [2.45, 2.75) is 13.1 Å². The summed E-state index contributed by atoms with van der Waals surface area (Å²) in [6.45, 7) is 13.0. The number of nitrogens with one attached hydrogen (secondary N) is 1. The Bertz CT molecular complexity index is 621. The van der Waals surface area contributed by atoms with Gasteiger partial charge in [0.2, 0.25) is 0 Å². The monoisotopic (exact) mass is 369 g/mol. The van der Waals surface area contributed by atoms with Crippen molar-refractivity contribution >= 4 is 27.3 Å². The second-order valence-electron chi connectivity index (χ2n) is 6.12. The molecule has 2 aromatic rings. The van der Waals surface area contributed by atoms with E-state index >= 15 is 0 Å². The first-order valence-electron chi connectivity index (χ1n) is 8.44. The summed E-state index contributed by atoms with van der Waals surface area (Å²) in [5.74, 6) is 0. The van der Waals surface area contributed by atoms with Crippen molar-refractivity contribution in [2.24, 2.45) is 0 Å². The summed E-state index contributed by atoms with van der Waals surface area (Å²) in [7, 11) is -4.87. The molecular formula is C20H27NO2Si2. The fourth-order valence-corrected chi connectivity index (χ4v) is 11.1. The van der Waals surface area contributed by atoms with Gasteiger partial charge in [0, 0.05) is 0 Å². The predicted molar refractivity (Wildman–Crippen MR) is 111 cm³/mol. The van der Waals surface area contributed by atoms with Crippen molar-refractivity contribution < 1.29 is 8.85 Å². The number of hydrogen-bond donors (Lipinski definition) is 1. The average molecular weight is 370 g/mol. The molecule has 0 aliphatic rings. The molecule has 3 nitrogen and oxygen atoms in total. The van der Waals surface area contributed by atoms with E-state index in [2.05, 4.69) is 55.2 Å². The number of rotatable bonds is 10. The Morgan fingerprint density at radius 1 is 0.760 bits per heavy atom. The van der Waals surface area contributed by atoms with Gasteiger partial charge in [0.1, 0.15) is 0 Å². The molecule has 0 aliphatic heterocycles. The Morgan fingerprint density at radius 2 is 1.12 bits per heavy atom. The molecule has 2 aromatic carbocycles. The van der Waals surface area contributed by atoms with Crippen molar-refractivity contribution in [1.29, 1.82) is 0 Å². The van der Waals surface area contributed by atoms with Crippen molar-refractivity contribution in [3.63, 3.8) is 0 Å². The van der Waals surface area contributed by atoms with Gasteiger partial charge in [0.25, 0.3) is 17.0 Å². The molecule has 0 aliphatic carbocycles. The van der Waals surface area contributed by atoms with Gasteiger partial charge in [-0.3, -0.25) is 0 Å². The molecule has 2 rings (SSSR count). The lowest BCUT2D eigenvalue weighted by molar-refractivity contribution is 0.331. The van der Waals surface area contributed by atoms with Gasteiger partial charge in [0.05, 0.1) is 13.2 Å². The molecule has 25 heavy (non-hydrogen) atoms. The molecule has 0 spiro atoms. The third-order valence-electron chi connectivity index (χ3n) is 4.11. The van der Waals surface area contributed by atoms with Crippen LogP contribution in [-0.2, 0) is 8.85 Å². The summed E-state index contributed by atoms with van der Waals surface area (Å²) in [6.07, 6.45) is 3.59. The number of hydrogen-bond acceptors (Lipinski definition) is 3. The highest BCUT2D eigenvalue weighted by molar-refractivity contribution is 6.98. The van der Waals surface area contributed by atoms with Crippen LogP contribution in [0.25, 0.3) is 0 Å². The fraction of sp³-hybridized carbons (Fsp3) is 0.200. The second-order valence-corrected chi connectivity index (χ2v) is 13.0. The van der Waals surface area contributed by atoms with Crippen LogP contribution in [0.3, 0.4) is 0 Å². The molecule has 1 N–H and O–H groups in total. The minimum Gasteiger partial charge on any atom is -0.396 e. The highest BCUT2D eigenvalue weighted by Crippen LogP contribution is 2.11. The van der Waals surface area contributed by atoms with Gasteiger partial charge in [-0.25, -0.2) is 0 Å². The minimum absolute atomic E-state index is 0.505. The van der Waals surface area contributed by atoms with Gasteiger partial charge in [-0.2, -0.15) is 0 Å². The largest absolute Gasteiger partial charge is 0.396 e. The molecule has 0 aromatic heterocycles. The molecular weight excluding hydrogens is 342 g/mol. The highest BCUT2D eigenvalue weighted by Gasteiger charge is 2.43. The zero-order chi connectivity index (χ0) is 18.2. The lowest BCUT2D eigenvalue weighted by Gasteiger charge is -2.38. The van der Waals surface area contributed by atoms with Crippen LogP contribution >= 0.6 is 0 Å². The summed E-state index contributed by atoms with van der Waals surface area (Å²) in [4.78, 5) is 0. The third kappa shape index (κ3) is 5.10. The zero-order valence-corrected chi connectivity index (χ0v) is 17.1. The van der Waals surface area contributed by atoms with Crippen molar-refractivity contribution in [3.8, 4) is 0 Å². The van der Waals surface area contributed by atoms with Gasteiger partial charge in [0.15, 0.2) is 0 Å². The minimum atomic E-state index is -2.43. The van der Waals surface area contributed by atoms with Crippen LogP contribution in [0.4, 0.5) is 0 Å². The Kier molecular flexibility index (Phi) is 7.10. The zero-order valence-electron chi connectivity index (χ0n) is 15.1. The third-order valence-corrected chi connectivity index (χ3v) is 12.3. The lowest BCUT2D eigenvalue weighted by Crippen LogP contribution is -2.74. The molecule has 0 saturated carbocycles. The Hall–Kier alpha value is -1.77. The van der Waals surface area contributed by atoms with E-state index < -0.39 is 17.0 Å². The molecule has 0 heterocycles. The van der Waals surface area contributed by atoms with E-state index in [9.17, 15) is 0 Å². The van der Waals surface area contributed by atoms with Crippen LogP contribution in [0.5, 0.6) is 0 Å². The average Bonchev–Trinajstić information content (AvgIpc) is 2.66. The molecule has 0 amide bonds. The maximum atomic E-state index is 6.30. The lowest BCUT2D eigenvalue weighted by atomic mass is 10.4. The summed E-state index contributed by atoms with van der Waals surface area (Å²) >= 11 is 0. The van der Waals surface area contributed by atoms with Crippen LogP contribution in [0.1, 0.15) is 0 Å². The predicted octanol–water partition coefficient (Wildman–Crippen LogP) is 2.94. The van der Waals surface area contributed by atoms with Crippen LogP contribution in [0, 0.1) is 0 Å². The molecule has 2 atom stereocenters. The van der Waals surface area contributed by atoms with Crippen molar-refractivity contribution in [3.05, 3.63) is 86.0 Å². The van der Waals surface area contributed by atoms with E-state index in [4.69, 9.17) is 8.85 Å². The summed E-state index contributed by atoms with van der Waals surface area (Å²) in [6, 6.07) is 20.7. The van der Waals surface area contributed by atoms with Crippen molar-refractivity contribution in [1.82, 2.24) is 4.65 Å². The van der Waals surface area contributed by atoms with E-state index in [1.165, 1.54) is 10.4 Å². The molecule has 0 bridgehead atoms. The van der Waals surface area contributed by atoms with E-state index in [1.54, 1.807) is 12.2 Å². The molecule has 132 valence electrons. The second kappa shape index (κ2) is 9.08. The molecule has 2 unspecified atom stereocenters. The SMILES string of the molecule is C=CCO[Si](C)(N[Si](C)(OCC=C)c1ccccc1)c1ccccc1. The highest BCUT2D eigenvalue weighted by atomic mass is 28.4. The van der Waals surface area contributed by atoms with Gasteiger partial charge >= 0.3 is 0 Å². The molecule has 5 heteroatoms. The van der Waals surface area contributed by atoms with E-state index in [0.717, 1.165) is 0 Å². The quantitative estimate of drug-likeness (QED) is 0.516. The normalized spacial score (nSPS) is 15.8. The van der Waals surface area contributed by atoms with Crippen molar-refractivity contribution in [2.75, 3.05) is 13.2 Å². The van der Waals surface area contributed by atoms with E-state index in [1.807, 2.05) is 36.4 Å². The van der Waals surface area contributed by atoms with Gasteiger partial charge in [-0.15, -0.1) is 13.2 Å². The Balaban J connectivity index is 2.41. The molecule has 0 radical (unpaired) electrons. The van der Waals surface area contributed by atoms with E-state index in [-0.39, 0.29) is 0 Å². The first-order valence-corrected chi connectivity index (χ1v) is 13.3. The fourth-order valence-electron chi connectivity index (χ4n) is 2.80. The van der Waals surface area contributed by atoms with Crippen LogP contribution in [0.15, 0.2) is 86.0 Å². The Morgan fingerprint density at radius 3 is 1.44 bits per heavy atom. The van der Waals surface area contributed by atoms with Crippen LogP contribution in [-0.4, -0.2) is 30.2 Å². The van der Waals surface area contributed by atoms with E-state index in [0.29, 0.717) is 13.2 Å². The first kappa shape index (κ1) is 19.6. The van der Waals surface area contributed by atoms with Crippen LogP contribution in [0.2, 0.25) is 13.1 Å². The maximum absolute atomic E-state index is 6.30. The smallest absolute Gasteiger partial charge is 0.294 e. The summed E-state index contributed by atoms with van der Waals surface area (Å²) < 4.78 is 16.4. The van der Waals surface area contributed by atoms with Gasteiger partial charge in [-0.1, -0.05) is 72.8 Å². The topological polar surface area (TPSA) is 30.5 Å². The first-order chi connectivity index (χ1) is 12.0. The van der Waals surface area contributed by atoms with Gasteiger partial charge in [-0.05, 0) is 23.5 Å². The molecule has 0 fully saturated rings. The summed E-state index contributed by atoms with van der Waals surface area (Å²) in [5.41, 5.74) is 0. The van der Waals surface area contributed by atoms with Crippen LogP contribution < -0.4 is 15.0 Å². The standard InChI is InChI=1S/C20H27NO2Si2/c1-5-17-22-24(3,19-13-9-7-10-14-19)21-25(4,23-18-6-2)20-15-11-8-12-16-20/h5-16,21H,1-2,17-18H2,3-4H3. The molecule has 0 saturated heterocycles. The van der Waals surface area contributed by atoms with Gasteiger partial charge < -0.3 is 13.5 Å². The maximum Gasteiger partial charge on any atom is 0.294 e. The summed E-state index contributed by atoms with van der Waals surface area (Å²) in [5, 5.41) is 2.38. The Labute approximate surface area is 153 Å². The number of benzene rings is 2.